The molecular formula is C30H28O2. The monoisotopic (exact) mass is 420 g/mol. The summed E-state index contributed by atoms with van der Waals surface area (Å²) in [5, 5.41) is 2.45. The minimum absolute atomic E-state index is 0.905. The average Bonchev–Trinajstić information content (AvgIpc) is 2.82. The lowest BCUT2D eigenvalue weighted by Gasteiger charge is -2.07. The summed E-state index contributed by atoms with van der Waals surface area (Å²) < 4.78 is 10.9. The third-order valence-corrected chi connectivity index (χ3v) is 5.70. The third kappa shape index (κ3) is 4.76. The van der Waals surface area contributed by atoms with E-state index in [9.17, 15) is 0 Å². The average molecular weight is 421 g/mol. The van der Waals surface area contributed by atoms with Crippen LogP contribution in [0, 0.1) is 13.8 Å². The Kier molecular flexibility index (Phi) is 6.42. The van der Waals surface area contributed by atoms with Crippen LogP contribution < -0.4 is 9.47 Å². The first-order valence-corrected chi connectivity index (χ1v) is 10.8. The molecule has 4 aromatic carbocycles. The summed E-state index contributed by atoms with van der Waals surface area (Å²) in [5.74, 6) is 1.81. The summed E-state index contributed by atoms with van der Waals surface area (Å²) >= 11 is 0. The molecule has 0 saturated heterocycles. The highest BCUT2D eigenvalue weighted by atomic mass is 16.5. The van der Waals surface area contributed by atoms with Gasteiger partial charge in [0.1, 0.15) is 11.5 Å². The highest BCUT2D eigenvalue weighted by molar-refractivity contribution is 5.95. The molecule has 0 spiro atoms. The highest BCUT2D eigenvalue weighted by Crippen LogP contribution is 2.26. The van der Waals surface area contributed by atoms with Gasteiger partial charge >= 0.3 is 0 Å². The molecule has 0 N–H and O–H groups in total. The van der Waals surface area contributed by atoms with Crippen LogP contribution >= 0.6 is 0 Å². The highest BCUT2D eigenvalue weighted by Gasteiger charge is 2.03. The Morgan fingerprint density at radius 2 is 1.12 bits per heavy atom. The van der Waals surface area contributed by atoms with Gasteiger partial charge in [0.15, 0.2) is 0 Å². The first kappa shape index (κ1) is 21.5. The minimum atomic E-state index is 0.905. The van der Waals surface area contributed by atoms with Crippen LogP contribution in [0.5, 0.6) is 11.5 Å². The molecule has 0 heterocycles. The van der Waals surface area contributed by atoms with E-state index in [1.54, 1.807) is 14.2 Å². The topological polar surface area (TPSA) is 18.5 Å². The summed E-state index contributed by atoms with van der Waals surface area (Å²) in [7, 11) is 3.42. The van der Waals surface area contributed by atoms with E-state index in [1.807, 2.05) is 0 Å². The van der Waals surface area contributed by atoms with Crippen molar-refractivity contribution >= 4 is 35.1 Å². The van der Waals surface area contributed by atoms with Gasteiger partial charge in [0.2, 0.25) is 0 Å². The summed E-state index contributed by atoms with van der Waals surface area (Å²) in [5.41, 5.74) is 6.84. The number of benzene rings is 4. The van der Waals surface area contributed by atoms with Gasteiger partial charge in [0, 0.05) is 0 Å². The van der Waals surface area contributed by atoms with E-state index in [2.05, 4.69) is 111 Å². The number of rotatable bonds is 6. The van der Waals surface area contributed by atoms with Gasteiger partial charge in [0.25, 0.3) is 0 Å². The van der Waals surface area contributed by atoms with Crippen molar-refractivity contribution in [2.24, 2.45) is 0 Å². The number of methoxy groups -OCH3 is 2. The fourth-order valence-electron chi connectivity index (χ4n) is 3.86. The van der Waals surface area contributed by atoms with E-state index in [-0.39, 0.29) is 0 Å². The number of aryl methyl sites for hydroxylation is 2. The normalized spacial score (nSPS) is 11.5. The van der Waals surface area contributed by atoms with E-state index >= 15 is 0 Å². The van der Waals surface area contributed by atoms with Gasteiger partial charge in [-0.2, -0.15) is 0 Å². The summed E-state index contributed by atoms with van der Waals surface area (Å²) in [4.78, 5) is 0. The lowest BCUT2D eigenvalue weighted by molar-refractivity contribution is 0.411. The molecule has 0 aliphatic heterocycles. The van der Waals surface area contributed by atoms with Gasteiger partial charge in [-0.25, -0.2) is 0 Å². The van der Waals surface area contributed by atoms with Crippen molar-refractivity contribution in [2.45, 2.75) is 13.8 Å². The van der Waals surface area contributed by atoms with Crippen molar-refractivity contribution in [3.8, 4) is 11.5 Å². The summed E-state index contributed by atoms with van der Waals surface area (Å²) in [6.45, 7) is 4.11. The van der Waals surface area contributed by atoms with Crippen LogP contribution in [0.3, 0.4) is 0 Å². The van der Waals surface area contributed by atoms with Crippen molar-refractivity contribution in [1.29, 1.82) is 0 Å². The molecule has 0 aliphatic rings. The molecule has 0 radical (unpaired) electrons. The molecule has 0 aliphatic carbocycles. The molecule has 0 amide bonds. The van der Waals surface area contributed by atoms with Gasteiger partial charge in [0.05, 0.1) is 14.2 Å². The molecule has 160 valence electrons. The van der Waals surface area contributed by atoms with Gasteiger partial charge < -0.3 is 9.47 Å². The zero-order valence-corrected chi connectivity index (χ0v) is 19.1. The molecule has 0 saturated carbocycles. The Bertz CT molecular complexity index is 1310. The van der Waals surface area contributed by atoms with E-state index in [1.165, 1.54) is 16.3 Å². The van der Waals surface area contributed by atoms with Crippen LogP contribution in [-0.2, 0) is 0 Å². The largest absolute Gasteiger partial charge is 0.496 e. The minimum Gasteiger partial charge on any atom is -0.496 e. The Hall–Kier alpha value is -3.78. The van der Waals surface area contributed by atoms with Crippen LogP contribution in [0.2, 0.25) is 0 Å². The van der Waals surface area contributed by atoms with Crippen molar-refractivity contribution in [2.75, 3.05) is 14.2 Å². The smallest absolute Gasteiger partial charge is 0.122 e. The number of fused-ring (bicyclic) bond motifs is 1. The fraction of sp³-hybridized carbons (Fsp3) is 0.133. The molecule has 0 aromatic heterocycles. The second kappa shape index (κ2) is 9.57. The van der Waals surface area contributed by atoms with Gasteiger partial charge in [-0.3, -0.25) is 0 Å². The molecule has 2 nitrogen and oxygen atoms in total. The van der Waals surface area contributed by atoms with E-state index in [0.717, 1.165) is 39.3 Å². The quantitative estimate of drug-likeness (QED) is 0.296. The van der Waals surface area contributed by atoms with Crippen LogP contribution in [0.15, 0.2) is 72.8 Å². The van der Waals surface area contributed by atoms with Gasteiger partial charge in [-0.15, -0.1) is 0 Å². The van der Waals surface area contributed by atoms with Crippen molar-refractivity contribution in [3.63, 3.8) is 0 Å². The second-order valence-electron chi connectivity index (χ2n) is 7.96. The Morgan fingerprint density at radius 1 is 0.562 bits per heavy atom. The first-order valence-electron chi connectivity index (χ1n) is 10.8. The molecule has 2 heteroatoms. The fourth-order valence-corrected chi connectivity index (χ4v) is 3.86. The number of hydrogen-bond acceptors (Lipinski definition) is 2. The SMILES string of the molecule is COc1cc(/C=C/c2cc(/C=C/c3ccc(C)c(OC)c3)c3ccccc3c2)ccc1C. The molecule has 4 aromatic rings. The number of ether oxygens (including phenoxy) is 2. The van der Waals surface area contributed by atoms with Gasteiger partial charge in [-0.1, -0.05) is 72.8 Å². The standard InChI is InChI=1S/C30H28O2/c1-21-9-11-23(19-29(21)31-3)13-14-25-17-26-7-5-6-8-28(26)27(18-25)16-15-24-12-10-22(2)30(20-24)32-4/h5-20H,1-4H3/b14-13+,16-15+. The molecule has 32 heavy (non-hydrogen) atoms. The van der Waals surface area contributed by atoms with E-state index in [0.29, 0.717) is 0 Å². The Balaban J connectivity index is 1.70. The summed E-state index contributed by atoms with van der Waals surface area (Å²) in [6.07, 6.45) is 8.61. The van der Waals surface area contributed by atoms with Crippen molar-refractivity contribution in [3.05, 3.63) is 106 Å². The van der Waals surface area contributed by atoms with Crippen molar-refractivity contribution < 1.29 is 9.47 Å². The number of hydrogen-bond donors (Lipinski definition) is 0. The molecular weight excluding hydrogens is 392 g/mol. The van der Waals surface area contributed by atoms with Crippen molar-refractivity contribution in [1.82, 2.24) is 0 Å². The third-order valence-electron chi connectivity index (χ3n) is 5.70. The van der Waals surface area contributed by atoms with E-state index < -0.39 is 0 Å². The first-order chi connectivity index (χ1) is 15.6. The maximum atomic E-state index is 5.47. The Labute approximate surface area is 190 Å². The zero-order valence-electron chi connectivity index (χ0n) is 19.1. The van der Waals surface area contributed by atoms with Crippen LogP contribution in [-0.4, -0.2) is 14.2 Å². The predicted molar refractivity (Wildman–Crippen MR) is 137 cm³/mol. The maximum Gasteiger partial charge on any atom is 0.122 e. The van der Waals surface area contributed by atoms with Crippen LogP contribution in [0.1, 0.15) is 33.4 Å². The lowest BCUT2D eigenvalue weighted by Crippen LogP contribution is -1.87. The van der Waals surface area contributed by atoms with Gasteiger partial charge in [-0.05, 0) is 82.3 Å². The summed E-state index contributed by atoms with van der Waals surface area (Å²) in [6, 6.07) is 25.5. The second-order valence-corrected chi connectivity index (χ2v) is 7.96. The van der Waals surface area contributed by atoms with E-state index in [4.69, 9.17) is 9.47 Å². The zero-order chi connectivity index (χ0) is 22.5. The molecule has 4 rings (SSSR count). The van der Waals surface area contributed by atoms with Crippen LogP contribution in [0.25, 0.3) is 35.1 Å². The molecule has 0 fully saturated rings. The molecule has 0 atom stereocenters. The predicted octanol–water partition coefficient (Wildman–Crippen LogP) is 7.81. The Morgan fingerprint density at radius 3 is 1.75 bits per heavy atom. The molecule has 0 unspecified atom stereocenters. The maximum absolute atomic E-state index is 5.47. The van der Waals surface area contributed by atoms with Crippen LogP contribution in [0.4, 0.5) is 0 Å². The molecule has 0 bridgehead atoms. The lowest BCUT2D eigenvalue weighted by atomic mass is 9.99.